The van der Waals surface area contributed by atoms with Gasteiger partial charge in [-0.1, -0.05) is 12.2 Å². The molecule has 2 atom stereocenters. The molecule has 1 aliphatic heterocycles. The summed E-state index contributed by atoms with van der Waals surface area (Å²) in [6.45, 7) is 0.705. The number of carbonyl (C=O) groups is 1. The van der Waals surface area contributed by atoms with Crippen molar-refractivity contribution in [2.24, 2.45) is 5.92 Å². The third-order valence-electron chi connectivity index (χ3n) is 2.23. The number of fused-ring (bicyclic) bond motifs is 2. The van der Waals surface area contributed by atoms with Crippen molar-refractivity contribution in [2.75, 3.05) is 6.54 Å². The SMILES string of the molecule is O=C(O)N1C[C@@H]2C=C[C@@H]1C2. The Morgan fingerprint density at radius 2 is 2.40 bits per heavy atom. The molecule has 2 rings (SSSR count). The maximum atomic E-state index is 10.5. The number of hydrogen-bond donors (Lipinski definition) is 1. The van der Waals surface area contributed by atoms with Crippen LogP contribution in [0.2, 0.25) is 0 Å². The third-order valence-corrected chi connectivity index (χ3v) is 2.23. The van der Waals surface area contributed by atoms with Gasteiger partial charge in [0.1, 0.15) is 0 Å². The molecule has 54 valence electrons. The smallest absolute Gasteiger partial charge is 0.407 e. The molecule has 0 unspecified atom stereocenters. The van der Waals surface area contributed by atoms with E-state index in [9.17, 15) is 4.79 Å². The molecule has 2 bridgehead atoms. The summed E-state index contributed by atoms with van der Waals surface area (Å²) in [6, 6.07) is 0.183. The van der Waals surface area contributed by atoms with E-state index >= 15 is 0 Å². The number of hydrogen-bond acceptors (Lipinski definition) is 1. The zero-order valence-corrected chi connectivity index (χ0v) is 5.53. The topological polar surface area (TPSA) is 40.5 Å². The summed E-state index contributed by atoms with van der Waals surface area (Å²) < 4.78 is 0. The van der Waals surface area contributed by atoms with Gasteiger partial charge >= 0.3 is 6.09 Å². The molecule has 1 saturated heterocycles. The average Bonchev–Trinajstić information content (AvgIpc) is 2.44. The van der Waals surface area contributed by atoms with Gasteiger partial charge < -0.3 is 10.0 Å². The molecule has 0 saturated carbocycles. The minimum absolute atomic E-state index is 0.183. The largest absolute Gasteiger partial charge is 0.465 e. The summed E-state index contributed by atoms with van der Waals surface area (Å²) in [5.41, 5.74) is 0. The second kappa shape index (κ2) is 1.75. The van der Waals surface area contributed by atoms with Crippen molar-refractivity contribution < 1.29 is 9.90 Å². The van der Waals surface area contributed by atoms with Crippen LogP contribution in [0.25, 0.3) is 0 Å². The Labute approximate surface area is 58.9 Å². The fraction of sp³-hybridized carbons (Fsp3) is 0.571. The van der Waals surface area contributed by atoms with Gasteiger partial charge in [-0.05, 0) is 12.3 Å². The van der Waals surface area contributed by atoms with Crippen LogP contribution < -0.4 is 0 Å². The molecule has 1 amide bonds. The summed E-state index contributed by atoms with van der Waals surface area (Å²) in [5, 5.41) is 8.63. The Morgan fingerprint density at radius 1 is 1.60 bits per heavy atom. The molecule has 1 N–H and O–H groups in total. The van der Waals surface area contributed by atoms with E-state index in [0.717, 1.165) is 6.42 Å². The van der Waals surface area contributed by atoms with Crippen molar-refractivity contribution in [1.82, 2.24) is 4.90 Å². The Hall–Kier alpha value is -0.990. The van der Waals surface area contributed by atoms with Gasteiger partial charge in [0.15, 0.2) is 0 Å². The lowest BCUT2D eigenvalue weighted by Gasteiger charge is -2.19. The molecule has 1 fully saturated rings. The molecule has 0 radical (unpaired) electrons. The second-order valence-corrected chi connectivity index (χ2v) is 2.88. The highest BCUT2D eigenvalue weighted by Crippen LogP contribution is 2.30. The van der Waals surface area contributed by atoms with Crippen LogP contribution in [0.4, 0.5) is 4.79 Å². The van der Waals surface area contributed by atoms with Gasteiger partial charge in [0.25, 0.3) is 0 Å². The van der Waals surface area contributed by atoms with Gasteiger partial charge in [-0.3, -0.25) is 0 Å². The summed E-state index contributed by atoms with van der Waals surface area (Å²) in [7, 11) is 0. The first kappa shape index (κ1) is 5.77. The van der Waals surface area contributed by atoms with E-state index in [4.69, 9.17) is 5.11 Å². The Balaban J connectivity index is 2.16. The van der Waals surface area contributed by atoms with Gasteiger partial charge in [-0.2, -0.15) is 0 Å². The standard InChI is InChI=1S/C7H9NO2/c9-7(10)8-4-5-1-2-6(8)3-5/h1-2,5-6H,3-4H2,(H,9,10)/t5-,6-/m1/s1. The maximum Gasteiger partial charge on any atom is 0.407 e. The van der Waals surface area contributed by atoms with Gasteiger partial charge in [0.05, 0.1) is 6.04 Å². The van der Waals surface area contributed by atoms with Crippen LogP contribution in [0.1, 0.15) is 6.42 Å². The number of carboxylic acid groups (broad SMARTS) is 1. The van der Waals surface area contributed by atoms with Gasteiger partial charge in [0.2, 0.25) is 0 Å². The minimum Gasteiger partial charge on any atom is -0.465 e. The van der Waals surface area contributed by atoms with Gasteiger partial charge in [0, 0.05) is 6.54 Å². The van der Waals surface area contributed by atoms with E-state index in [-0.39, 0.29) is 6.04 Å². The Kier molecular flexibility index (Phi) is 1.01. The van der Waals surface area contributed by atoms with Crippen LogP contribution in [-0.4, -0.2) is 28.7 Å². The lowest BCUT2D eigenvalue weighted by atomic mass is 10.2. The summed E-state index contributed by atoms with van der Waals surface area (Å²) in [4.78, 5) is 12.0. The van der Waals surface area contributed by atoms with E-state index < -0.39 is 6.09 Å². The third kappa shape index (κ3) is 0.632. The molecule has 0 aromatic heterocycles. The molecule has 3 nitrogen and oxygen atoms in total. The molecule has 10 heavy (non-hydrogen) atoms. The van der Waals surface area contributed by atoms with E-state index in [2.05, 4.69) is 6.08 Å². The monoisotopic (exact) mass is 139 g/mol. The highest BCUT2D eigenvalue weighted by molar-refractivity contribution is 5.66. The van der Waals surface area contributed by atoms with Gasteiger partial charge in [-0.15, -0.1) is 0 Å². The van der Waals surface area contributed by atoms with Crippen molar-refractivity contribution in [3.05, 3.63) is 12.2 Å². The van der Waals surface area contributed by atoms with Crippen molar-refractivity contribution in [1.29, 1.82) is 0 Å². The summed E-state index contributed by atoms with van der Waals surface area (Å²) >= 11 is 0. The normalized spacial score (nSPS) is 35.4. The zero-order valence-electron chi connectivity index (χ0n) is 5.53. The van der Waals surface area contributed by atoms with Gasteiger partial charge in [-0.25, -0.2) is 4.79 Å². The lowest BCUT2D eigenvalue weighted by molar-refractivity contribution is 0.145. The maximum absolute atomic E-state index is 10.5. The molecule has 0 aromatic carbocycles. The van der Waals surface area contributed by atoms with E-state index in [0.29, 0.717) is 12.5 Å². The van der Waals surface area contributed by atoms with Crippen LogP contribution in [0, 0.1) is 5.92 Å². The lowest BCUT2D eigenvalue weighted by Crippen LogP contribution is -2.34. The van der Waals surface area contributed by atoms with Crippen molar-refractivity contribution in [3.8, 4) is 0 Å². The molecule has 1 heterocycles. The quantitative estimate of drug-likeness (QED) is 0.507. The zero-order chi connectivity index (χ0) is 7.14. The first-order valence-corrected chi connectivity index (χ1v) is 3.45. The Morgan fingerprint density at radius 3 is 2.70 bits per heavy atom. The first-order valence-electron chi connectivity index (χ1n) is 3.45. The highest BCUT2D eigenvalue weighted by atomic mass is 16.4. The van der Waals surface area contributed by atoms with Crippen LogP contribution >= 0.6 is 0 Å². The number of nitrogens with zero attached hydrogens (tertiary/aromatic N) is 1. The average molecular weight is 139 g/mol. The van der Waals surface area contributed by atoms with Crippen molar-refractivity contribution in [2.45, 2.75) is 12.5 Å². The number of likely N-dealkylation sites (tertiary alicyclic amines) is 1. The van der Waals surface area contributed by atoms with Crippen molar-refractivity contribution in [3.63, 3.8) is 0 Å². The molecular weight excluding hydrogens is 130 g/mol. The fourth-order valence-corrected chi connectivity index (χ4v) is 1.73. The van der Waals surface area contributed by atoms with E-state index in [1.165, 1.54) is 4.90 Å². The highest BCUT2D eigenvalue weighted by Gasteiger charge is 2.36. The molecule has 3 heteroatoms. The second-order valence-electron chi connectivity index (χ2n) is 2.88. The van der Waals surface area contributed by atoms with E-state index in [1.807, 2.05) is 6.08 Å². The number of amides is 1. The summed E-state index contributed by atoms with van der Waals surface area (Å²) in [6.07, 6.45) is 4.33. The molecular formula is C7H9NO2. The predicted molar refractivity (Wildman–Crippen MR) is 35.8 cm³/mol. The minimum atomic E-state index is -0.781. The van der Waals surface area contributed by atoms with Crippen LogP contribution in [-0.2, 0) is 0 Å². The van der Waals surface area contributed by atoms with Crippen LogP contribution in [0.15, 0.2) is 12.2 Å². The van der Waals surface area contributed by atoms with Crippen LogP contribution in [0.5, 0.6) is 0 Å². The first-order chi connectivity index (χ1) is 4.77. The van der Waals surface area contributed by atoms with Crippen LogP contribution in [0.3, 0.4) is 0 Å². The molecule has 1 aliphatic carbocycles. The molecule has 0 spiro atoms. The summed E-state index contributed by atoms with van der Waals surface area (Å²) in [5.74, 6) is 0.501. The fourth-order valence-electron chi connectivity index (χ4n) is 1.73. The molecule has 2 aliphatic rings. The predicted octanol–water partition coefficient (Wildman–Crippen LogP) is 0.925. The van der Waals surface area contributed by atoms with E-state index in [1.54, 1.807) is 0 Å². The number of rotatable bonds is 0. The Bertz CT molecular complexity index is 200. The van der Waals surface area contributed by atoms with Crippen molar-refractivity contribution >= 4 is 6.09 Å². The molecule has 0 aromatic rings.